The Kier molecular flexibility index (Phi) is 3.68. The van der Waals surface area contributed by atoms with Crippen molar-refractivity contribution in [1.82, 2.24) is 0 Å². The Morgan fingerprint density at radius 2 is 1.12 bits per heavy atom. The van der Waals surface area contributed by atoms with Crippen LogP contribution in [0.3, 0.4) is 0 Å². The number of hydrogen-bond donors (Lipinski definition) is 0. The summed E-state index contributed by atoms with van der Waals surface area (Å²) in [7, 11) is 0. The molecule has 0 fully saturated rings. The molecule has 8 heteroatoms. The van der Waals surface area contributed by atoms with Crippen molar-refractivity contribution in [2.24, 2.45) is 0 Å². The van der Waals surface area contributed by atoms with Crippen molar-refractivity contribution in [3.05, 3.63) is 129 Å². The second-order valence-electron chi connectivity index (χ2n) is 5.75. The van der Waals surface area contributed by atoms with Gasteiger partial charge in [0.1, 0.15) is 0 Å². The van der Waals surface area contributed by atoms with E-state index < -0.39 is 102 Å². The van der Waals surface area contributed by atoms with Crippen LogP contribution in [-0.2, 0) is 0 Å². The molecular weight excluding hydrogens is 404 g/mol. The fourth-order valence-corrected chi connectivity index (χ4v) is 2.70. The van der Waals surface area contributed by atoms with Crippen LogP contribution in [0.1, 0.15) is 36.0 Å². The number of rotatable bonds is 2. The van der Waals surface area contributed by atoms with E-state index in [4.69, 9.17) is 27.9 Å². The Labute approximate surface area is 189 Å². The first-order valence-electron chi connectivity index (χ1n) is 11.2. The van der Waals surface area contributed by atoms with E-state index in [2.05, 4.69) is 14.5 Å². The normalized spacial score (nSPS) is 14.2. The molecule has 0 aliphatic heterocycles. The monoisotopic (exact) mass is 416 g/mol. The number of nitriles is 3. The lowest BCUT2D eigenvalue weighted by atomic mass is 9.98. The SMILES string of the molecule is [2H]c1c(C#N)c([2H])c(/C([N+]#[C-])=c2\c(=O)c(=O)\c2=C(/[N+]#[C-])c2c([2H])c(C#N)c([2H])c([N+]#[C-])c2[2H])c([2H])c1C#N. The summed E-state index contributed by atoms with van der Waals surface area (Å²) in [6.45, 7) is 22.4. The van der Waals surface area contributed by atoms with Crippen molar-refractivity contribution in [2.75, 3.05) is 0 Å². The van der Waals surface area contributed by atoms with Gasteiger partial charge in [0.2, 0.25) is 22.3 Å². The Hall–Kier alpha value is -5.80. The highest BCUT2D eigenvalue weighted by Gasteiger charge is 2.20. The molecule has 0 N–H and O–H groups in total. The Bertz CT molecular complexity index is 1870. The first kappa shape index (κ1) is 14.2. The lowest BCUT2D eigenvalue weighted by Crippen LogP contribution is -2.66. The summed E-state index contributed by atoms with van der Waals surface area (Å²) >= 11 is 0. The zero-order valence-corrected chi connectivity index (χ0v) is 15.5. The minimum atomic E-state index is -1.33. The van der Waals surface area contributed by atoms with Crippen molar-refractivity contribution in [3.63, 3.8) is 0 Å². The van der Waals surface area contributed by atoms with Crippen molar-refractivity contribution in [3.8, 4) is 18.2 Å². The molecule has 3 rings (SSSR count). The summed E-state index contributed by atoms with van der Waals surface area (Å²) < 4.78 is 48.8. The average Bonchev–Trinajstić information content (AvgIpc) is 2.89. The molecule has 3 aromatic rings. The molecule has 0 heterocycles. The summed E-state index contributed by atoms with van der Waals surface area (Å²) in [6, 6.07) is -0.305. The molecule has 144 valence electrons. The minimum absolute atomic E-state index is 0.678. The molecular formula is C24H6N6O2. The third-order valence-electron chi connectivity index (χ3n) is 4.02. The molecule has 0 saturated heterocycles. The third-order valence-corrected chi connectivity index (χ3v) is 4.02. The topological polar surface area (TPSA) is 119 Å². The van der Waals surface area contributed by atoms with E-state index in [1.807, 2.05) is 0 Å². The summed E-state index contributed by atoms with van der Waals surface area (Å²) in [6.07, 6.45) is 0. The standard InChI is InChI=1S/C24H6N6O2/c1-28-18-8-15(12-27)7-17(9-18)22(30-3)20-19(23(31)24(20)32)21(29-2)16-5-13(10-25)4-14(6-16)11-26/h4-9H/b21-19+,22-20-/i4D,5D,6D,7D,8D,9D. The Morgan fingerprint density at radius 1 is 0.719 bits per heavy atom. The summed E-state index contributed by atoms with van der Waals surface area (Å²) in [4.78, 5) is 34.6. The molecule has 0 aliphatic carbocycles. The average molecular weight is 416 g/mol. The van der Waals surface area contributed by atoms with Crippen molar-refractivity contribution in [2.45, 2.75) is 0 Å². The van der Waals surface area contributed by atoms with Gasteiger partial charge in [-0.05, 0) is 35.3 Å². The highest BCUT2D eigenvalue weighted by molar-refractivity contribution is 5.78. The minimum Gasteiger partial charge on any atom is -0.286 e. The first-order valence-corrected chi connectivity index (χ1v) is 8.17. The lowest BCUT2D eigenvalue weighted by Gasteiger charge is -2.06. The molecule has 0 bridgehead atoms. The van der Waals surface area contributed by atoms with E-state index in [9.17, 15) is 25.4 Å². The molecule has 0 saturated carbocycles. The highest BCUT2D eigenvalue weighted by Crippen LogP contribution is 2.22. The molecule has 0 unspecified atom stereocenters. The smallest absolute Gasteiger partial charge is 0.221 e. The van der Waals surface area contributed by atoms with Gasteiger partial charge in [0.25, 0.3) is 0 Å². The second kappa shape index (κ2) is 8.29. The maximum atomic E-state index is 12.7. The van der Waals surface area contributed by atoms with Gasteiger partial charge >= 0.3 is 0 Å². The van der Waals surface area contributed by atoms with Gasteiger partial charge < -0.3 is 0 Å². The molecule has 8 nitrogen and oxygen atoms in total. The maximum absolute atomic E-state index is 12.7. The van der Waals surface area contributed by atoms with Crippen LogP contribution in [0, 0.1) is 53.7 Å². The van der Waals surface area contributed by atoms with Gasteiger partial charge in [0.05, 0.1) is 55.9 Å². The number of nitrogens with zero attached hydrogens (tertiary/aromatic N) is 6. The maximum Gasteiger partial charge on any atom is 0.221 e. The van der Waals surface area contributed by atoms with Crippen molar-refractivity contribution >= 4 is 17.1 Å². The van der Waals surface area contributed by atoms with E-state index >= 15 is 0 Å². The molecule has 0 aliphatic rings. The van der Waals surface area contributed by atoms with Crippen molar-refractivity contribution in [1.29, 1.82) is 15.8 Å². The van der Waals surface area contributed by atoms with Crippen LogP contribution in [0.25, 0.3) is 25.9 Å². The molecule has 3 aromatic carbocycles. The largest absolute Gasteiger partial charge is 0.286 e. The molecule has 32 heavy (non-hydrogen) atoms. The third kappa shape index (κ3) is 3.37. The highest BCUT2D eigenvalue weighted by atomic mass is 16.2. The van der Waals surface area contributed by atoms with Gasteiger partial charge in [-0.15, -0.1) is 0 Å². The summed E-state index contributed by atoms with van der Waals surface area (Å²) in [5.41, 5.74) is -8.55. The zero-order valence-electron chi connectivity index (χ0n) is 21.5. The van der Waals surface area contributed by atoms with E-state index in [1.54, 1.807) is 0 Å². The first-order chi connectivity index (χ1) is 18.0. The molecule has 0 aromatic heterocycles. The molecule has 0 atom stereocenters. The fraction of sp³-hybridized carbons (Fsp3) is 0. The van der Waals surface area contributed by atoms with Crippen molar-refractivity contribution < 1.29 is 8.22 Å². The van der Waals surface area contributed by atoms with Gasteiger partial charge in [0.15, 0.2) is 5.69 Å². The summed E-state index contributed by atoms with van der Waals surface area (Å²) in [5.74, 6) is 0. The van der Waals surface area contributed by atoms with Crippen LogP contribution in [0.2, 0.25) is 0 Å². The molecule has 0 amide bonds. The van der Waals surface area contributed by atoms with Gasteiger partial charge in [-0.2, -0.15) is 15.8 Å². The van der Waals surface area contributed by atoms with Gasteiger partial charge in [-0.25, -0.2) is 14.5 Å². The summed E-state index contributed by atoms with van der Waals surface area (Å²) in [5, 5.41) is 26.5. The van der Waals surface area contributed by atoms with Crippen LogP contribution >= 0.6 is 0 Å². The van der Waals surface area contributed by atoms with Gasteiger partial charge in [0, 0.05) is 17.4 Å². The van der Waals surface area contributed by atoms with E-state index in [0.717, 1.165) is 0 Å². The van der Waals surface area contributed by atoms with Crippen LogP contribution < -0.4 is 21.3 Å². The van der Waals surface area contributed by atoms with Crippen LogP contribution in [0.15, 0.2) is 45.8 Å². The fourth-order valence-electron chi connectivity index (χ4n) is 2.70. The van der Waals surface area contributed by atoms with Crippen LogP contribution in [0.4, 0.5) is 5.69 Å². The van der Waals surface area contributed by atoms with E-state index in [1.165, 1.54) is 18.2 Å². The Morgan fingerprint density at radius 3 is 1.50 bits per heavy atom. The predicted octanol–water partition coefficient (Wildman–Crippen LogP) is 1.60. The Balaban J connectivity index is 2.77. The molecule has 0 radical (unpaired) electrons. The van der Waals surface area contributed by atoms with E-state index in [-0.39, 0.29) is 0 Å². The lowest BCUT2D eigenvalue weighted by molar-refractivity contribution is 1.24. The van der Waals surface area contributed by atoms with E-state index in [0.29, 0.717) is 0 Å². The predicted molar refractivity (Wildman–Crippen MR) is 112 cm³/mol. The molecule has 0 spiro atoms. The zero-order chi connectivity index (χ0) is 28.6. The second-order valence-corrected chi connectivity index (χ2v) is 5.75. The van der Waals surface area contributed by atoms with Gasteiger partial charge in [-0.1, -0.05) is 12.1 Å². The van der Waals surface area contributed by atoms with Crippen LogP contribution in [0.5, 0.6) is 0 Å². The number of benzene rings is 2. The van der Waals surface area contributed by atoms with Crippen LogP contribution in [-0.4, -0.2) is 0 Å². The number of hydrogen-bond acceptors (Lipinski definition) is 5. The quantitative estimate of drug-likeness (QED) is 0.464. The van der Waals surface area contributed by atoms with Gasteiger partial charge in [-0.3, -0.25) is 9.59 Å².